The number of aromatic nitrogens is 4. The van der Waals surface area contributed by atoms with E-state index in [-0.39, 0.29) is 17.5 Å². The van der Waals surface area contributed by atoms with Gasteiger partial charge < -0.3 is 15.0 Å². The van der Waals surface area contributed by atoms with Crippen molar-refractivity contribution in [2.24, 2.45) is 5.92 Å². The largest absolute Gasteiger partial charge is 0.495 e. The second kappa shape index (κ2) is 8.78. The van der Waals surface area contributed by atoms with E-state index in [1.807, 2.05) is 18.2 Å². The Bertz CT molecular complexity index is 1060. The van der Waals surface area contributed by atoms with E-state index in [1.165, 1.54) is 25.3 Å². The highest BCUT2D eigenvalue weighted by Crippen LogP contribution is 2.30. The fourth-order valence-corrected chi connectivity index (χ4v) is 3.53. The molecule has 3 aromatic rings. The zero-order chi connectivity index (χ0) is 21.8. The van der Waals surface area contributed by atoms with E-state index in [9.17, 15) is 14.9 Å². The Morgan fingerprint density at radius 2 is 1.94 bits per heavy atom. The number of rotatable bonds is 6. The Morgan fingerprint density at radius 3 is 2.55 bits per heavy atom. The number of amides is 1. The van der Waals surface area contributed by atoms with Crippen LogP contribution in [0.2, 0.25) is 0 Å². The van der Waals surface area contributed by atoms with Crippen LogP contribution in [0.15, 0.2) is 48.8 Å². The molecule has 1 aliphatic heterocycles. The SMILES string of the molecule is COc1ccc([N+](=O)[O-])cc1NC(=O)C1CCN(c2ccc(-n3cccn3)nn2)CC1. The molecular weight excluding hydrogens is 402 g/mol. The van der Waals surface area contributed by atoms with Crippen LogP contribution in [0.3, 0.4) is 0 Å². The molecule has 11 heteroatoms. The number of anilines is 2. The molecule has 1 aliphatic rings. The third-order valence-electron chi connectivity index (χ3n) is 5.22. The number of benzene rings is 1. The molecule has 4 rings (SSSR count). The number of nitro groups is 1. The third kappa shape index (κ3) is 4.44. The van der Waals surface area contributed by atoms with E-state index in [4.69, 9.17) is 4.74 Å². The van der Waals surface area contributed by atoms with Crippen LogP contribution in [0.4, 0.5) is 17.2 Å². The molecule has 1 aromatic carbocycles. The third-order valence-corrected chi connectivity index (χ3v) is 5.22. The minimum atomic E-state index is -0.508. The molecule has 0 atom stereocenters. The van der Waals surface area contributed by atoms with Crippen molar-refractivity contribution in [1.29, 1.82) is 0 Å². The molecule has 160 valence electrons. The Balaban J connectivity index is 1.37. The highest BCUT2D eigenvalue weighted by molar-refractivity contribution is 5.94. The lowest BCUT2D eigenvalue weighted by atomic mass is 9.95. The summed E-state index contributed by atoms with van der Waals surface area (Å²) in [6.45, 7) is 1.31. The van der Waals surface area contributed by atoms with Gasteiger partial charge in [-0.3, -0.25) is 14.9 Å². The van der Waals surface area contributed by atoms with Crippen LogP contribution in [0.5, 0.6) is 5.75 Å². The average Bonchev–Trinajstić information content (AvgIpc) is 3.34. The van der Waals surface area contributed by atoms with Crippen LogP contribution < -0.4 is 15.0 Å². The van der Waals surface area contributed by atoms with Crippen LogP contribution in [-0.4, -0.2) is 51.0 Å². The molecule has 11 nitrogen and oxygen atoms in total. The Labute approximate surface area is 177 Å². The lowest BCUT2D eigenvalue weighted by Gasteiger charge is -2.31. The van der Waals surface area contributed by atoms with Crippen LogP contribution in [0.25, 0.3) is 5.82 Å². The number of nitro benzene ring substituents is 1. The van der Waals surface area contributed by atoms with Crippen LogP contribution in [0.1, 0.15) is 12.8 Å². The first-order valence-electron chi connectivity index (χ1n) is 9.77. The quantitative estimate of drug-likeness (QED) is 0.473. The zero-order valence-electron chi connectivity index (χ0n) is 16.8. The van der Waals surface area contributed by atoms with Crippen molar-refractivity contribution >= 4 is 23.1 Å². The van der Waals surface area contributed by atoms with Gasteiger partial charge in [-0.15, -0.1) is 10.2 Å². The molecule has 2 aromatic heterocycles. The molecule has 1 amide bonds. The molecule has 0 unspecified atom stereocenters. The lowest BCUT2D eigenvalue weighted by molar-refractivity contribution is -0.384. The van der Waals surface area contributed by atoms with Crippen molar-refractivity contribution in [1.82, 2.24) is 20.0 Å². The number of nitrogens with one attached hydrogen (secondary N) is 1. The van der Waals surface area contributed by atoms with Crippen LogP contribution in [-0.2, 0) is 4.79 Å². The second-order valence-corrected chi connectivity index (χ2v) is 7.09. The number of ether oxygens (including phenoxy) is 1. The van der Waals surface area contributed by atoms with E-state index < -0.39 is 4.92 Å². The average molecular weight is 423 g/mol. The number of piperidine rings is 1. The number of carbonyl (C=O) groups is 1. The first kappa shape index (κ1) is 20.3. The summed E-state index contributed by atoms with van der Waals surface area (Å²) < 4.78 is 6.85. The lowest BCUT2D eigenvalue weighted by Crippen LogP contribution is -2.38. The van der Waals surface area contributed by atoms with E-state index in [1.54, 1.807) is 17.1 Å². The van der Waals surface area contributed by atoms with Gasteiger partial charge in [0.1, 0.15) is 5.75 Å². The van der Waals surface area contributed by atoms with Crippen molar-refractivity contribution in [3.63, 3.8) is 0 Å². The van der Waals surface area contributed by atoms with Crippen LogP contribution in [0, 0.1) is 16.0 Å². The number of carbonyl (C=O) groups excluding carboxylic acids is 1. The predicted molar refractivity (Wildman–Crippen MR) is 112 cm³/mol. The molecule has 0 saturated carbocycles. The first-order chi connectivity index (χ1) is 15.0. The van der Waals surface area contributed by atoms with Crippen LogP contribution >= 0.6 is 0 Å². The Hall–Kier alpha value is -4.02. The molecule has 0 spiro atoms. The zero-order valence-corrected chi connectivity index (χ0v) is 16.8. The van der Waals surface area contributed by atoms with E-state index in [2.05, 4.69) is 25.5 Å². The fourth-order valence-electron chi connectivity index (χ4n) is 3.53. The number of nitrogens with zero attached hydrogens (tertiary/aromatic N) is 6. The molecule has 0 aliphatic carbocycles. The van der Waals surface area contributed by atoms with E-state index >= 15 is 0 Å². The minimum absolute atomic E-state index is 0.108. The minimum Gasteiger partial charge on any atom is -0.495 e. The van der Waals surface area contributed by atoms with Gasteiger partial charge >= 0.3 is 0 Å². The highest BCUT2D eigenvalue weighted by Gasteiger charge is 2.27. The summed E-state index contributed by atoms with van der Waals surface area (Å²) >= 11 is 0. The molecule has 31 heavy (non-hydrogen) atoms. The van der Waals surface area contributed by atoms with Gasteiger partial charge in [0.2, 0.25) is 5.91 Å². The summed E-state index contributed by atoms with van der Waals surface area (Å²) in [5, 5.41) is 26.4. The molecule has 1 saturated heterocycles. The molecule has 0 bridgehead atoms. The van der Waals surface area contributed by atoms with Gasteiger partial charge in [0.05, 0.1) is 17.7 Å². The van der Waals surface area contributed by atoms with Gasteiger partial charge in [-0.25, -0.2) is 4.68 Å². The van der Waals surface area contributed by atoms with Gasteiger partial charge in [-0.05, 0) is 37.1 Å². The predicted octanol–water partition coefficient (Wildman–Crippen LogP) is 2.43. The topological polar surface area (TPSA) is 128 Å². The van der Waals surface area contributed by atoms with Gasteiger partial charge in [-0.2, -0.15) is 5.10 Å². The normalized spacial score (nSPS) is 14.3. The molecule has 1 N–H and O–H groups in total. The van der Waals surface area contributed by atoms with Crippen molar-refractivity contribution in [2.45, 2.75) is 12.8 Å². The number of hydrogen-bond acceptors (Lipinski definition) is 8. The van der Waals surface area contributed by atoms with E-state index in [0.717, 1.165) is 5.82 Å². The maximum absolute atomic E-state index is 12.7. The van der Waals surface area contributed by atoms with E-state index in [0.29, 0.717) is 43.2 Å². The molecule has 3 heterocycles. The maximum Gasteiger partial charge on any atom is 0.271 e. The Kier molecular flexibility index (Phi) is 5.74. The summed E-state index contributed by atoms with van der Waals surface area (Å²) in [5.41, 5.74) is 0.187. The van der Waals surface area contributed by atoms with Crippen molar-refractivity contribution in [2.75, 3.05) is 30.4 Å². The maximum atomic E-state index is 12.7. The summed E-state index contributed by atoms with van der Waals surface area (Å²) in [6, 6.07) is 9.67. The second-order valence-electron chi connectivity index (χ2n) is 7.09. The smallest absolute Gasteiger partial charge is 0.271 e. The van der Waals surface area contributed by atoms with Gasteiger partial charge in [0.15, 0.2) is 11.6 Å². The number of methoxy groups -OCH3 is 1. The molecule has 0 radical (unpaired) electrons. The van der Waals surface area contributed by atoms with Crippen molar-refractivity contribution in [3.05, 3.63) is 58.9 Å². The van der Waals surface area contributed by atoms with Crippen molar-refractivity contribution < 1.29 is 14.5 Å². The van der Waals surface area contributed by atoms with Gasteiger partial charge in [0, 0.05) is 43.5 Å². The number of hydrogen-bond donors (Lipinski definition) is 1. The monoisotopic (exact) mass is 423 g/mol. The number of non-ortho nitro benzene ring substituents is 1. The van der Waals surface area contributed by atoms with Crippen molar-refractivity contribution in [3.8, 4) is 11.6 Å². The fraction of sp³-hybridized carbons (Fsp3) is 0.300. The van der Waals surface area contributed by atoms with Gasteiger partial charge in [0.25, 0.3) is 5.69 Å². The highest BCUT2D eigenvalue weighted by atomic mass is 16.6. The Morgan fingerprint density at radius 1 is 1.19 bits per heavy atom. The molecular formula is C20H21N7O4. The molecule has 1 fully saturated rings. The first-order valence-corrected chi connectivity index (χ1v) is 9.77. The summed E-state index contributed by atoms with van der Waals surface area (Å²) in [5.74, 6) is 1.36. The summed E-state index contributed by atoms with van der Waals surface area (Å²) in [7, 11) is 1.45. The summed E-state index contributed by atoms with van der Waals surface area (Å²) in [6.07, 6.45) is 4.73. The van der Waals surface area contributed by atoms with Gasteiger partial charge in [-0.1, -0.05) is 0 Å². The standard InChI is InChI=1S/C20H21N7O4/c1-31-17-4-3-15(27(29)30)13-16(17)22-20(28)14-7-11-25(12-8-14)18-5-6-19(24-23-18)26-10-2-9-21-26/h2-6,9-10,13-14H,7-8,11-12H2,1H3,(H,22,28). The summed E-state index contributed by atoms with van der Waals surface area (Å²) in [4.78, 5) is 25.3.